The van der Waals surface area contributed by atoms with E-state index in [4.69, 9.17) is 0 Å². The van der Waals surface area contributed by atoms with Gasteiger partial charge in [0, 0.05) is 31.9 Å². The first-order valence-corrected chi connectivity index (χ1v) is 9.41. The zero-order valence-electron chi connectivity index (χ0n) is 16.4. The maximum Gasteiger partial charge on any atom is 0.243 e. The number of anilines is 1. The molecule has 1 aromatic heterocycles. The van der Waals surface area contributed by atoms with Crippen LogP contribution in [0.15, 0.2) is 53.7 Å². The number of para-hydroxylation sites is 1. The molecule has 3 rings (SSSR count). The van der Waals surface area contributed by atoms with Crippen molar-refractivity contribution in [1.29, 1.82) is 0 Å². The summed E-state index contributed by atoms with van der Waals surface area (Å²) in [5.41, 5.74) is 0.740. The normalized spacial score (nSPS) is 11.5. The Bertz CT molecular complexity index is 1060. The van der Waals surface area contributed by atoms with E-state index < -0.39 is 29.0 Å². The minimum atomic E-state index is -1.63. The van der Waals surface area contributed by atoms with E-state index in [-0.39, 0.29) is 6.54 Å². The first-order valence-electron chi connectivity index (χ1n) is 9.41. The lowest BCUT2D eigenvalue weighted by molar-refractivity contribution is -0.115. The maximum absolute atomic E-state index is 13.6. The van der Waals surface area contributed by atoms with Gasteiger partial charge in [-0.05, 0) is 36.1 Å². The molecular weight excluding hydrogens is 395 g/mol. The summed E-state index contributed by atoms with van der Waals surface area (Å²) in [6.07, 6.45) is 2.87. The fraction of sp³-hybridized carbons (Fsp3) is 0.238. The first-order chi connectivity index (χ1) is 14.5. The van der Waals surface area contributed by atoms with Gasteiger partial charge in [-0.25, -0.2) is 13.2 Å². The van der Waals surface area contributed by atoms with E-state index in [9.17, 15) is 18.0 Å². The lowest BCUT2D eigenvalue weighted by Crippen LogP contribution is -2.41. The van der Waals surface area contributed by atoms with Crippen molar-refractivity contribution >= 4 is 28.5 Å². The lowest BCUT2D eigenvalue weighted by atomic mass is 10.2. The Morgan fingerprint density at radius 1 is 1.03 bits per heavy atom. The van der Waals surface area contributed by atoms with Crippen LogP contribution in [0.4, 0.5) is 18.9 Å². The Labute approximate surface area is 171 Å². The number of carbonyl (C=O) groups excluding carboxylic acids is 1. The monoisotopic (exact) mass is 417 g/mol. The second kappa shape index (κ2) is 9.82. The van der Waals surface area contributed by atoms with Crippen LogP contribution in [-0.4, -0.2) is 36.6 Å². The second-order valence-corrected chi connectivity index (χ2v) is 6.55. The van der Waals surface area contributed by atoms with Crippen LogP contribution < -0.4 is 16.0 Å². The molecule has 0 unspecified atom stereocenters. The highest BCUT2D eigenvalue weighted by Crippen LogP contribution is 2.19. The molecule has 0 fully saturated rings. The average Bonchev–Trinajstić information content (AvgIpc) is 3.17. The summed E-state index contributed by atoms with van der Waals surface area (Å²) in [7, 11) is 1.56. The SMILES string of the molecule is CN=C(NCCCn1ccc2ccccc21)NCC(=O)Nc1ccc(F)c(F)c1F. The predicted octanol–water partition coefficient (Wildman–Crippen LogP) is 3.25. The van der Waals surface area contributed by atoms with Crippen molar-refractivity contribution in [2.45, 2.75) is 13.0 Å². The van der Waals surface area contributed by atoms with Crippen LogP contribution in [0.1, 0.15) is 6.42 Å². The van der Waals surface area contributed by atoms with Crippen molar-refractivity contribution < 1.29 is 18.0 Å². The van der Waals surface area contributed by atoms with Crippen LogP contribution in [0.2, 0.25) is 0 Å². The molecule has 0 aliphatic rings. The van der Waals surface area contributed by atoms with Gasteiger partial charge in [-0.15, -0.1) is 0 Å². The molecule has 3 aromatic rings. The molecule has 158 valence electrons. The van der Waals surface area contributed by atoms with E-state index in [2.05, 4.69) is 43.7 Å². The molecule has 3 N–H and O–H groups in total. The molecule has 1 heterocycles. The van der Waals surface area contributed by atoms with Crippen molar-refractivity contribution in [2.75, 3.05) is 25.5 Å². The molecule has 0 aliphatic carbocycles. The summed E-state index contributed by atoms with van der Waals surface area (Å²) in [6, 6.07) is 11.9. The van der Waals surface area contributed by atoms with Crippen LogP contribution in [0.3, 0.4) is 0 Å². The van der Waals surface area contributed by atoms with E-state index in [0.29, 0.717) is 12.5 Å². The maximum atomic E-state index is 13.6. The Morgan fingerprint density at radius 3 is 2.63 bits per heavy atom. The number of aliphatic imine (C=N–C) groups is 1. The number of guanidine groups is 1. The van der Waals surface area contributed by atoms with Gasteiger partial charge < -0.3 is 20.5 Å². The van der Waals surface area contributed by atoms with Crippen molar-refractivity contribution in [3.8, 4) is 0 Å². The Hall–Kier alpha value is -3.49. The van der Waals surface area contributed by atoms with Gasteiger partial charge in [0.25, 0.3) is 0 Å². The minimum absolute atomic E-state index is 0.222. The first kappa shape index (κ1) is 21.2. The Morgan fingerprint density at radius 2 is 1.83 bits per heavy atom. The summed E-state index contributed by atoms with van der Waals surface area (Å²) in [5, 5.41) is 9.25. The summed E-state index contributed by atoms with van der Waals surface area (Å²) >= 11 is 0. The van der Waals surface area contributed by atoms with Gasteiger partial charge in [0.2, 0.25) is 5.91 Å². The molecule has 0 aliphatic heterocycles. The Kier molecular flexibility index (Phi) is 6.95. The average molecular weight is 417 g/mol. The number of nitrogens with one attached hydrogen (secondary N) is 3. The molecule has 2 aromatic carbocycles. The molecule has 0 atom stereocenters. The third kappa shape index (κ3) is 5.11. The van der Waals surface area contributed by atoms with Gasteiger partial charge in [-0.1, -0.05) is 18.2 Å². The summed E-state index contributed by atoms with van der Waals surface area (Å²) < 4.78 is 42.0. The summed E-state index contributed by atoms with van der Waals surface area (Å²) in [5.74, 6) is -4.62. The number of benzene rings is 2. The van der Waals surface area contributed by atoms with E-state index in [0.717, 1.165) is 25.1 Å². The van der Waals surface area contributed by atoms with Gasteiger partial charge in [0.05, 0.1) is 12.2 Å². The number of fused-ring (bicyclic) bond motifs is 1. The lowest BCUT2D eigenvalue weighted by Gasteiger charge is -2.13. The van der Waals surface area contributed by atoms with E-state index in [1.165, 1.54) is 10.9 Å². The number of aromatic nitrogens is 1. The van der Waals surface area contributed by atoms with Crippen LogP contribution in [0, 0.1) is 17.5 Å². The van der Waals surface area contributed by atoms with Crippen molar-refractivity contribution in [3.05, 3.63) is 66.1 Å². The van der Waals surface area contributed by atoms with Gasteiger partial charge in [-0.3, -0.25) is 9.79 Å². The molecule has 0 saturated carbocycles. The quantitative estimate of drug-likeness (QED) is 0.239. The number of hydrogen-bond donors (Lipinski definition) is 3. The molecule has 9 heteroatoms. The molecule has 30 heavy (non-hydrogen) atoms. The molecule has 0 radical (unpaired) electrons. The molecule has 1 amide bonds. The third-order valence-electron chi connectivity index (χ3n) is 4.50. The number of carbonyl (C=O) groups is 1. The Balaban J connectivity index is 1.42. The summed E-state index contributed by atoms with van der Waals surface area (Å²) in [4.78, 5) is 16.0. The third-order valence-corrected chi connectivity index (χ3v) is 4.50. The predicted molar refractivity (Wildman–Crippen MR) is 111 cm³/mol. The zero-order valence-corrected chi connectivity index (χ0v) is 16.4. The topological polar surface area (TPSA) is 70.5 Å². The van der Waals surface area contributed by atoms with Gasteiger partial charge >= 0.3 is 0 Å². The number of hydrogen-bond acceptors (Lipinski definition) is 2. The molecule has 0 spiro atoms. The van der Waals surface area contributed by atoms with Gasteiger partial charge in [0.15, 0.2) is 23.4 Å². The standard InChI is InChI=1S/C21H22F3N5O/c1-25-21(26-10-4-11-29-12-9-14-5-2-3-6-17(14)29)27-13-18(30)28-16-8-7-15(22)19(23)20(16)24/h2-3,5-9,12H,4,10-11,13H2,1H3,(H,28,30)(H2,25,26,27). The molecule has 6 nitrogen and oxygen atoms in total. The highest BCUT2D eigenvalue weighted by molar-refractivity contribution is 5.95. The molecule has 0 bridgehead atoms. The van der Waals surface area contributed by atoms with Crippen LogP contribution in [0.5, 0.6) is 0 Å². The highest BCUT2D eigenvalue weighted by atomic mass is 19.2. The van der Waals surface area contributed by atoms with Crippen molar-refractivity contribution in [3.63, 3.8) is 0 Å². The smallest absolute Gasteiger partial charge is 0.243 e. The zero-order chi connectivity index (χ0) is 21.5. The number of nitrogens with zero attached hydrogens (tertiary/aromatic N) is 2. The van der Waals surface area contributed by atoms with Crippen molar-refractivity contribution in [1.82, 2.24) is 15.2 Å². The van der Waals surface area contributed by atoms with Crippen LogP contribution >= 0.6 is 0 Å². The number of amides is 1. The second-order valence-electron chi connectivity index (χ2n) is 6.55. The minimum Gasteiger partial charge on any atom is -0.356 e. The fourth-order valence-electron chi connectivity index (χ4n) is 2.99. The summed E-state index contributed by atoms with van der Waals surface area (Å²) in [6.45, 7) is 1.21. The number of aryl methyl sites for hydroxylation is 1. The highest BCUT2D eigenvalue weighted by Gasteiger charge is 2.15. The number of rotatable bonds is 7. The van der Waals surface area contributed by atoms with Crippen LogP contribution in [-0.2, 0) is 11.3 Å². The van der Waals surface area contributed by atoms with Crippen LogP contribution in [0.25, 0.3) is 10.9 Å². The van der Waals surface area contributed by atoms with E-state index in [1.807, 2.05) is 18.3 Å². The largest absolute Gasteiger partial charge is 0.356 e. The van der Waals surface area contributed by atoms with Gasteiger partial charge in [0.1, 0.15) is 0 Å². The van der Waals surface area contributed by atoms with Crippen molar-refractivity contribution in [2.24, 2.45) is 4.99 Å². The molecular formula is C21H22F3N5O. The fourth-order valence-corrected chi connectivity index (χ4v) is 2.99. The van der Waals surface area contributed by atoms with Gasteiger partial charge in [-0.2, -0.15) is 0 Å². The van der Waals surface area contributed by atoms with E-state index >= 15 is 0 Å². The van der Waals surface area contributed by atoms with E-state index in [1.54, 1.807) is 7.05 Å². The molecule has 0 saturated heterocycles. The number of halogens is 3.